The van der Waals surface area contributed by atoms with Crippen molar-refractivity contribution in [2.45, 2.75) is 70.6 Å². The van der Waals surface area contributed by atoms with Crippen molar-refractivity contribution in [3.05, 3.63) is 26.8 Å². The Morgan fingerprint density at radius 3 is 2.65 bits per heavy atom. The number of carboxylic acid groups (broad SMARTS) is 1. The van der Waals surface area contributed by atoms with Crippen LogP contribution < -0.4 is 4.74 Å². The maximum absolute atomic E-state index is 11.5. The highest BCUT2D eigenvalue weighted by Crippen LogP contribution is 2.50. The molecule has 1 aliphatic heterocycles. The van der Waals surface area contributed by atoms with Gasteiger partial charge in [-0.1, -0.05) is 27.2 Å². The van der Waals surface area contributed by atoms with Crippen LogP contribution in [0, 0.1) is 9.49 Å². The van der Waals surface area contributed by atoms with Gasteiger partial charge in [-0.2, -0.15) is 0 Å². The summed E-state index contributed by atoms with van der Waals surface area (Å²) in [7, 11) is 4.42. The summed E-state index contributed by atoms with van der Waals surface area (Å²) in [6.07, 6.45) is 4.24. The molecule has 1 fully saturated rings. The lowest BCUT2D eigenvalue weighted by Gasteiger charge is -2.56. The number of hydrogen-bond acceptors (Lipinski definition) is 2. The zero-order valence-electron chi connectivity index (χ0n) is 16.6. The number of carbonyl (C=O) groups is 1. The second-order valence-corrected chi connectivity index (χ2v) is 10.7. The van der Waals surface area contributed by atoms with Crippen LogP contribution >= 0.6 is 22.6 Å². The van der Waals surface area contributed by atoms with Crippen LogP contribution in [0.15, 0.2) is 12.1 Å². The largest absolute Gasteiger partial charge is 0.481 e. The highest BCUT2D eigenvalue weighted by Gasteiger charge is 2.58. The molecule has 1 heterocycles. The van der Waals surface area contributed by atoms with E-state index in [1.807, 2.05) is 0 Å². The van der Waals surface area contributed by atoms with Gasteiger partial charge in [-0.25, -0.2) is 0 Å². The molecule has 0 amide bonds. The fourth-order valence-corrected chi connectivity index (χ4v) is 5.57. The van der Waals surface area contributed by atoms with E-state index in [-0.39, 0.29) is 17.8 Å². The van der Waals surface area contributed by atoms with Crippen LogP contribution in [0.4, 0.5) is 0 Å². The number of halogens is 1. The summed E-state index contributed by atoms with van der Waals surface area (Å²) < 4.78 is 8.63. The maximum atomic E-state index is 11.5. The topological polar surface area (TPSA) is 46.5 Å². The van der Waals surface area contributed by atoms with E-state index in [0.29, 0.717) is 4.48 Å². The molecule has 144 valence electrons. The number of ether oxygens (including phenoxy) is 1. The van der Waals surface area contributed by atoms with Gasteiger partial charge in [-0.3, -0.25) is 9.28 Å². The van der Waals surface area contributed by atoms with Crippen molar-refractivity contribution in [2.24, 2.45) is 5.92 Å². The Bertz CT molecular complexity index is 723. The Labute approximate surface area is 170 Å². The van der Waals surface area contributed by atoms with Gasteiger partial charge < -0.3 is 9.84 Å². The van der Waals surface area contributed by atoms with Crippen molar-refractivity contribution in [3.63, 3.8) is 0 Å². The summed E-state index contributed by atoms with van der Waals surface area (Å²) in [5, 5.41) is 9.46. The molecule has 2 atom stereocenters. The van der Waals surface area contributed by atoms with E-state index in [1.165, 1.54) is 11.1 Å². The fourth-order valence-electron chi connectivity index (χ4n) is 4.78. The van der Waals surface area contributed by atoms with Gasteiger partial charge in [0.1, 0.15) is 12.3 Å². The first-order valence-corrected chi connectivity index (χ1v) is 10.6. The van der Waals surface area contributed by atoms with Gasteiger partial charge in [-0.05, 0) is 58.5 Å². The molecule has 1 spiro atoms. The van der Waals surface area contributed by atoms with Crippen molar-refractivity contribution in [1.29, 1.82) is 0 Å². The molecule has 3 rings (SSSR count). The Morgan fingerprint density at radius 1 is 1.35 bits per heavy atom. The normalized spacial score (nSPS) is 27.7. The maximum Gasteiger partial charge on any atom is 0.304 e. The highest BCUT2D eigenvalue weighted by atomic mass is 127. The summed E-state index contributed by atoms with van der Waals surface area (Å²) in [5.41, 5.74) is 2.23. The average Bonchev–Trinajstić information content (AvgIpc) is 2.49. The van der Waals surface area contributed by atoms with Gasteiger partial charge in [0.2, 0.25) is 5.72 Å². The van der Waals surface area contributed by atoms with Gasteiger partial charge in [-0.15, -0.1) is 0 Å². The molecule has 1 saturated carbocycles. The van der Waals surface area contributed by atoms with E-state index >= 15 is 0 Å². The van der Waals surface area contributed by atoms with E-state index in [9.17, 15) is 9.90 Å². The molecule has 0 radical (unpaired) electrons. The molecule has 2 aliphatic rings. The average molecular weight is 472 g/mol. The lowest BCUT2D eigenvalue weighted by atomic mass is 9.75. The predicted molar refractivity (Wildman–Crippen MR) is 111 cm³/mol. The number of carboxylic acids is 1. The molecule has 26 heavy (non-hydrogen) atoms. The Morgan fingerprint density at radius 2 is 2.04 bits per heavy atom. The molecule has 1 aliphatic carbocycles. The number of fused-ring (bicyclic) bond motifs is 1. The fraction of sp³-hybridized carbons (Fsp3) is 0.667. The molecule has 0 aromatic heterocycles. The molecular weight excluding hydrogens is 441 g/mol. The molecule has 4 nitrogen and oxygen atoms in total. The summed E-state index contributed by atoms with van der Waals surface area (Å²) in [5.74, 6) is 0.312. The van der Waals surface area contributed by atoms with Gasteiger partial charge in [0.05, 0.1) is 35.6 Å². The van der Waals surface area contributed by atoms with Gasteiger partial charge in [0, 0.05) is 6.42 Å². The third-order valence-electron chi connectivity index (χ3n) is 6.25. The van der Waals surface area contributed by atoms with Crippen LogP contribution in [0.25, 0.3) is 0 Å². The summed E-state index contributed by atoms with van der Waals surface area (Å²) in [6, 6.07) is 4.52. The van der Waals surface area contributed by atoms with E-state index in [4.69, 9.17) is 4.74 Å². The first kappa shape index (κ1) is 19.9. The number of nitrogens with zero attached hydrogens (tertiary/aromatic N) is 1. The summed E-state index contributed by atoms with van der Waals surface area (Å²) in [6.45, 7) is 7.59. The van der Waals surface area contributed by atoms with Crippen molar-refractivity contribution in [2.75, 3.05) is 14.1 Å². The predicted octanol–water partition coefficient (Wildman–Crippen LogP) is 4.92. The SMILES string of the molecule is CC(C)(C)c1cc(I)c2c(c1)C[N+](C)(C)C1(CCCCC1CC(=O)O)O2. The third kappa shape index (κ3) is 3.37. The quantitative estimate of drug-likeness (QED) is 0.491. The molecule has 2 unspecified atom stereocenters. The first-order valence-electron chi connectivity index (χ1n) is 9.53. The lowest BCUT2D eigenvalue weighted by molar-refractivity contribution is -0.984. The number of aliphatic carboxylic acids is 1. The first-order chi connectivity index (χ1) is 12.0. The second-order valence-electron chi connectivity index (χ2n) is 9.53. The smallest absolute Gasteiger partial charge is 0.304 e. The minimum Gasteiger partial charge on any atom is -0.481 e. The Kier molecular flexibility index (Phi) is 5.10. The van der Waals surface area contributed by atoms with Crippen LogP contribution in [-0.2, 0) is 16.8 Å². The molecular formula is C21H31INO3+. The van der Waals surface area contributed by atoms with Crippen LogP contribution in [0.2, 0.25) is 0 Å². The van der Waals surface area contributed by atoms with E-state index in [2.05, 4.69) is 69.6 Å². The molecule has 0 saturated heterocycles. The molecule has 5 heteroatoms. The summed E-state index contributed by atoms with van der Waals surface area (Å²) in [4.78, 5) is 11.5. The number of benzene rings is 1. The van der Waals surface area contributed by atoms with Crippen LogP contribution in [0.1, 0.15) is 64.0 Å². The Balaban J connectivity index is 2.08. The summed E-state index contributed by atoms with van der Waals surface area (Å²) >= 11 is 2.38. The Hall–Kier alpha value is -0.820. The standard InChI is InChI=1S/C21H30INO3/c1-20(2,3)16-10-14-13-23(4,5)21(26-19(14)17(22)11-16)9-7-6-8-15(21)12-18(24)25/h10-11,15H,6-9,12-13H2,1-5H3/p+1. The van der Waals surface area contributed by atoms with E-state index in [0.717, 1.165) is 41.5 Å². The van der Waals surface area contributed by atoms with E-state index < -0.39 is 11.7 Å². The molecule has 1 aromatic rings. The van der Waals surface area contributed by atoms with E-state index in [1.54, 1.807) is 0 Å². The number of rotatable bonds is 2. The minimum atomic E-state index is -0.719. The highest BCUT2D eigenvalue weighted by molar-refractivity contribution is 14.1. The van der Waals surface area contributed by atoms with Crippen molar-refractivity contribution < 1.29 is 19.1 Å². The van der Waals surface area contributed by atoms with Crippen molar-refractivity contribution in [1.82, 2.24) is 0 Å². The minimum absolute atomic E-state index is 0.0509. The van der Waals surface area contributed by atoms with Crippen LogP contribution in [0.5, 0.6) is 5.75 Å². The number of quaternary nitrogens is 1. The van der Waals surface area contributed by atoms with Crippen LogP contribution in [-0.4, -0.2) is 35.4 Å². The van der Waals surface area contributed by atoms with Crippen molar-refractivity contribution in [3.8, 4) is 5.75 Å². The van der Waals surface area contributed by atoms with Gasteiger partial charge in [0.25, 0.3) is 0 Å². The van der Waals surface area contributed by atoms with Gasteiger partial charge in [0.15, 0.2) is 0 Å². The van der Waals surface area contributed by atoms with Crippen molar-refractivity contribution >= 4 is 28.6 Å². The number of hydrogen-bond donors (Lipinski definition) is 1. The molecule has 1 N–H and O–H groups in total. The zero-order chi connectivity index (χ0) is 19.3. The third-order valence-corrected chi connectivity index (χ3v) is 7.05. The monoisotopic (exact) mass is 472 g/mol. The second kappa shape index (κ2) is 6.66. The molecule has 0 bridgehead atoms. The zero-order valence-corrected chi connectivity index (χ0v) is 18.7. The van der Waals surface area contributed by atoms with Gasteiger partial charge >= 0.3 is 5.97 Å². The lowest BCUT2D eigenvalue weighted by Crippen LogP contribution is -2.69. The molecule has 1 aromatic carbocycles. The van der Waals surface area contributed by atoms with Crippen LogP contribution in [0.3, 0.4) is 0 Å².